The molecule has 0 saturated carbocycles. The Labute approximate surface area is 232 Å². The van der Waals surface area contributed by atoms with Crippen LogP contribution < -0.4 is 15.2 Å². The molecule has 1 amide bonds. The number of amides is 1. The molecular formula is C31H32ClFN2O4. The average molecular weight is 551 g/mol. The van der Waals surface area contributed by atoms with Gasteiger partial charge in [-0.3, -0.25) is 9.69 Å². The summed E-state index contributed by atoms with van der Waals surface area (Å²) in [5.41, 5.74) is 8.44. The van der Waals surface area contributed by atoms with Crippen molar-refractivity contribution in [2.45, 2.75) is 39.3 Å². The number of benzene rings is 3. The van der Waals surface area contributed by atoms with Gasteiger partial charge in [0.05, 0.1) is 5.56 Å². The first-order valence-corrected chi connectivity index (χ1v) is 13.5. The topological polar surface area (TPSA) is 85.0 Å². The van der Waals surface area contributed by atoms with E-state index in [-0.39, 0.29) is 16.1 Å². The van der Waals surface area contributed by atoms with E-state index >= 15 is 4.39 Å². The van der Waals surface area contributed by atoms with E-state index in [2.05, 4.69) is 18.7 Å². The van der Waals surface area contributed by atoms with Gasteiger partial charge in [0.2, 0.25) is 5.91 Å². The lowest BCUT2D eigenvalue weighted by Crippen LogP contribution is -2.35. The van der Waals surface area contributed by atoms with Gasteiger partial charge in [-0.15, -0.1) is 0 Å². The van der Waals surface area contributed by atoms with E-state index in [0.29, 0.717) is 35.1 Å². The number of halogens is 2. The van der Waals surface area contributed by atoms with E-state index in [4.69, 9.17) is 26.8 Å². The Morgan fingerprint density at radius 2 is 1.97 bits per heavy atom. The zero-order valence-corrected chi connectivity index (χ0v) is 23.0. The molecule has 204 valence electrons. The van der Waals surface area contributed by atoms with Crippen molar-refractivity contribution in [3.05, 3.63) is 87.7 Å². The number of allylic oxidation sites excluding steroid dienone is 1. The van der Waals surface area contributed by atoms with E-state index in [9.17, 15) is 9.90 Å². The van der Waals surface area contributed by atoms with Crippen molar-refractivity contribution >= 4 is 28.7 Å². The van der Waals surface area contributed by atoms with Crippen LogP contribution in [0.5, 0.6) is 17.2 Å². The largest absolute Gasteiger partial charge is 0.505 e. The number of ether oxygens (including phenoxy) is 2. The van der Waals surface area contributed by atoms with Gasteiger partial charge in [-0.1, -0.05) is 36.7 Å². The smallest absolute Gasteiger partial charge is 0.248 e. The molecule has 5 rings (SSSR count). The fourth-order valence-electron chi connectivity index (χ4n) is 5.41. The van der Waals surface area contributed by atoms with Crippen LogP contribution in [0.4, 0.5) is 4.39 Å². The normalized spacial score (nSPS) is 19.9. The molecule has 1 fully saturated rings. The van der Waals surface area contributed by atoms with E-state index in [1.54, 1.807) is 25.1 Å². The molecule has 2 heterocycles. The van der Waals surface area contributed by atoms with Gasteiger partial charge < -0.3 is 20.3 Å². The third-order valence-electron chi connectivity index (χ3n) is 7.67. The lowest BCUT2D eigenvalue weighted by atomic mass is 9.85. The van der Waals surface area contributed by atoms with Crippen molar-refractivity contribution in [3.63, 3.8) is 0 Å². The number of aromatic hydroxyl groups is 1. The van der Waals surface area contributed by atoms with Crippen LogP contribution in [-0.4, -0.2) is 41.7 Å². The molecule has 3 N–H and O–H groups in total. The second-order valence-corrected chi connectivity index (χ2v) is 10.9. The minimum atomic E-state index is -0.768. The Kier molecular flexibility index (Phi) is 7.56. The van der Waals surface area contributed by atoms with Crippen LogP contribution in [0, 0.1) is 11.7 Å². The minimum absolute atomic E-state index is 0.168. The van der Waals surface area contributed by atoms with Gasteiger partial charge in [0.1, 0.15) is 24.2 Å². The second kappa shape index (κ2) is 10.9. The predicted molar refractivity (Wildman–Crippen MR) is 151 cm³/mol. The van der Waals surface area contributed by atoms with Crippen molar-refractivity contribution in [2.24, 2.45) is 11.7 Å². The second-order valence-electron chi connectivity index (χ2n) is 10.5. The zero-order valence-electron chi connectivity index (χ0n) is 22.2. The van der Waals surface area contributed by atoms with Crippen molar-refractivity contribution in [1.29, 1.82) is 0 Å². The summed E-state index contributed by atoms with van der Waals surface area (Å²) in [6.07, 6.45) is 0.592. The number of carbonyl (C=O) groups is 1. The Bertz CT molecular complexity index is 1440. The number of likely N-dealkylation sites (tertiary alicyclic amines) is 1. The van der Waals surface area contributed by atoms with Gasteiger partial charge in [-0.2, -0.15) is 0 Å². The number of hydrogen-bond acceptors (Lipinski definition) is 5. The first-order valence-electron chi connectivity index (χ1n) is 13.1. The molecule has 6 nitrogen and oxygen atoms in total. The molecule has 3 unspecified atom stereocenters. The summed E-state index contributed by atoms with van der Waals surface area (Å²) in [5.74, 6) is -0.0570. The first kappa shape index (κ1) is 27.0. The molecule has 0 bridgehead atoms. The van der Waals surface area contributed by atoms with Crippen LogP contribution in [0.25, 0.3) is 11.1 Å². The van der Waals surface area contributed by atoms with E-state index in [1.807, 2.05) is 24.3 Å². The highest BCUT2D eigenvalue weighted by Gasteiger charge is 2.33. The number of hydrogen-bond donors (Lipinski definition) is 2. The number of phenols is 1. The minimum Gasteiger partial charge on any atom is -0.505 e. The third-order valence-corrected chi connectivity index (χ3v) is 7.98. The van der Waals surface area contributed by atoms with Crippen molar-refractivity contribution < 1.29 is 23.8 Å². The molecule has 2 aliphatic heterocycles. The molecule has 0 aromatic heterocycles. The van der Waals surface area contributed by atoms with Crippen molar-refractivity contribution in [3.8, 4) is 17.2 Å². The zero-order chi connectivity index (χ0) is 27.8. The number of carbonyl (C=O) groups excluding carboxylic acids is 1. The Balaban J connectivity index is 1.47. The fourth-order valence-corrected chi connectivity index (χ4v) is 5.69. The Morgan fingerprint density at radius 1 is 1.23 bits per heavy atom. The van der Waals surface area contributed by atoms with Gasteiger partial charge in [0.15, 0.2) is 11.6 Å². The fraction of sp³-hybridized carbons (Fsp3) is 0.323. The summed E-state index contributed by atoms with van der Waals surface area (Å²) in [6.45, 7) is 9.01. The highest BCUT2D eigenvalue weighted by molar-refractivity contribution is 6.33. The van der Waals surface area contributed by atoms with Crippen molar-refractivity contribution in [2.75, 3.05) is 19.7 Å². The molecule has 3 atom stereocenters. The Morgan fingerprint density at radius 3 is 2.62 bits per heavy atom. The number of phenolic OH excluding ortho intramolecular Hbond substituents is 1. The molecule has 3 aromatic rings. The molecule has 0 aliphatic carbocycles. The molecule has 2 aliphatic rings. The van der Waals surface area contributed by atoms with Crippen LogP contribution in [0.3, 0.4) is 0 Å². The van der Waals surface area contributed by atoms with E-state index < -0.39 is 23.6 Å². The van der Waals surface area contributed by atoms with Crippen molar-refractivity contribution in [1.82, 2.24) is 4.90 Å². The maximum atomic E-state index is 15.1. The number of rotatable bonds is 7. The maximum Gasteiger partial charge on any atom is 0.248 e. The molecule has 8 heteroatoms. The molecule has 0 spiro atoms. The number of nitrogens with zero attached hydrogens (tertiary/aromatic N) is 1. The first-order chi connectivity index (χ1) is 18.6. The van der Waals surface area contributed by atoms with Crippen LogP contribution >= 0.6 is 11.6 Å². The number of nitrogens with two attached hydrogens (primary N) is 1. The Hall–Kier alpha value is -3.55. The van der Waals surface area contributed by atoms with E-state index in [0.717, 1.165) is 30.3 Å². The quantitative estimate of drug-likeness (QED) is 0.353. The SMILES string of the molecule is CC1=C(c2ccc(C(N)=O)cc2Cl)C(c2ccc(OCC(C)N3CCC(C)C3)cc2)Oc2ccc(O)c(F)c21. The van der Waals surface area contributed by atoms with Crippen LogP contribution in [0.1, 0.15) is 60.3 Å². The summed E-state index contributed by atoms with van der Waals surface area (Å²) in [5, 5.41) is 10.3. The van der Waals surface area contributed by atoms with Gasteiger partial charge in [0.25, 0.3) is 0 Å². The van der Waals surface area contributed by atoms with Crippen LogP contribution in [-0.2, 0) is 0 Å². The van der Waals surface area contributed by atoms with Crippen LogP contribution in [0.2, 0.25) is 5.02 Å². The molecule has 1 saturated heterocycles. The standard InChI is InChI=1S/C31H32ClFN2O4/c1-17-12-13-35(15-17)18(2)16-38-22-7-4-20(5-8-22)30-27(23-9-6-21(31(34)37)14-24(23)32)19(3)28-26(39-30)11-10-25(36)29(28)33/h4-11,14,17-18,30,36H,12-13,15-16H2,1-3H3,(H2,34,37). The lowest BCUT2D eigenvalue weighted by Gasteiger charge is -2.32. The monoisotopic (exact) mass is 550 g/mol. The summed E-state index contributed by atoms with van der Waals surface area (Å²) >= 11 is 6.62. The van der Waals surface area contributed by atoms with Gasteiger partial charge in [0, 0.05) is 34.3 Å². The molecule has 0 radical (unpaired) electrons. The third kappa shape index (κ3) is 5.34. The highest BCUT2D eigenvalue weighted by Crippen LogP contribution is 2.49. The summed E-state index contributed by atoms with van der Waals surface area (Å²) in [4.78, 5) is 14.1. The van der Waals surface area contributed by atoms with Crippen LogP contribution in [0.15, 0.2) is 54.6 Å². The van der Waals surface area contributed by atoms with Gasteiger partial charge in [-0.25, -0.2) is 4.39 Å². The molecule has 39 heavy (non-hydrogen) atoms. The lowest BCUT2D eigenvalue weighted by molar-refractivity contribution is 0.1000. The maximum absolute atomic E-state index is 15.1. The molecular weight excluding hydrogens is 519 g/mol. The highest BCUT2D eigenvalue weighted by atomic mass is 35.5. The van der Waals surface area contributed by atoms with Gasteiger partial charge >= 0.3 is 0 Å². The summed E-state index contributed by atoms with van der Waals surface area (Å²) in [7, 11) is 0. The average Bonchev–Trinajstić information content (AvgIpc) is 3.36. The number of primary amides is 1. The summed E-state index contributed by atoms with van der Waals surface area (Å²) < 4.78 is 27.5. The summed E-state index contributed by atoms with van der Waals surface area (Å²) in [6, 6.07) is 15.5. The number of fused-ring (bicyclic) bond motifs is 1. The van der Waals surface area contributed by atoms with Gasteiger partial charge in [-0.05, 0) is 80.3 Å². The molecule has 3 aromatic carbocycles. The van der Waals surface area contributed by atoms with E-state index in [1.165, 1.54) is 18.6 Å². The predicted octanol–water partition coefficient (Wildman–Crippen LogP) is 6.46.